The van der Waals surface area contributed by atoms with Crippen LogP contribution < -0.4 is 10.5 Å². The van der Waals surface area contributed by atoms with Crippen molar-refractivity contribution in [3.8, 4) is 5.75 Å². The fraction of sp³-hybridized carbons (Fsp3) is 0.611. The third-order valence-corrected chi connectivity index (χ3v) is 4.00. The largest absolute Gasteiger partial charge is 0.497 e. The number of hydrogen-bond acceptors (Lipinski definition) is 5. The lowest BCUT2D eigenvalue weighted by Crippen LogP contribution is -2.51. The number of piperazine rings is 1. The molecule has 0 aliphatic carbocycles. The van der Waals surface area contributed by atoms with E-state index >= 15 is 0 Å². The summed E-state index contributed by atoms with van der Waals surface area (Å²) in [5.41, 5.74) is 6.93. The number of benzene rings is 1. The summed E-state index contributed by atoms with van der Waals surface area (Å²) in [5.74, 6) is 0.817. The molecule has 1 atom stereocenters. The maximum Gasteiger partial charge on any atom is 0.410 e. The summed E-state index contributed by atoms with van der Waals surface area (Å²) in [6.45, 7) is 9.35. The fourth-order valence-corrected chi connectivity index (χ4v) is 2.70. The van der Waals surface area contributed by atoms with Crippen LogP contribution in [-0.2, 0) is 4.74 Å². The van der Waals surface area contributed by atoms with Crippen molar-refractivity contribution in [3.63, 3.8) is 0 Å². The van der Waals surface area contributed by atoms with Gasteiger partial charge in [0, 0.05) is 38.8 Å². The smallest absolute Gasteiger partial charge is 0.410 e. The minimum Gasteiger partial charge on any atom is -0.497 e. The minimum atomic E-state index is -0.455. The number of carbonyl (C=O) groups is 1. The van der Waals surface area contributed by atoms with E-state index in [9.17, 15) is 4.79 Å². The monoisotopic (exact) mass is 335 g/mol. The second-order valence-corrected chi connectivity index (χ2v) is 7.15. The molecule has 0 saturated carbocycles. The number of amides is 1. The summed E-state index contributed by atoms with van der Waals surface area (Å²) in [6.07, 6.45) is -0.237. The third kappa shape index (κ3) is 5.39. The van der Waals surface area contributed by atoms with Gasteiger partial charge >= 0.3 is 6.09 Å². The molecule has 1 fully saturated rings. The molecule has 1 heterocycles. The number of rotatable bonds is 4. The van der Waals surface area contributed by atoms with Gasteiger partial charge in [-0.1, -0.05) is 12.1 Å². The van der Waals surface area contributed by atoms with E-state index in [-0.39, 0.29) is 12.1 Å². The molecule has 0 spiro atoms. The van der Waals surface area contributed by atoms with Crippen LogP contribution in [0.3, 0.4) is 0 Å². The van der Waals surface area contributed by atoms with Gasteiger partial charge in [-0.05, 0) is 38.5 Å². The Hall–Kier alpha value is -1.79. The highest BCUT2D eigenvalue weighted by Gasteiger charge is 2.26. The molecule has 1 aliphatic rings. The predicted octanol–water partition coefficient (Wildman–Crippen LogP) is 2.25. The molecule has 1 unspecified atom stereocenters. The Bertz CT molecular complexity index is 549. The predicted molar refractivity (Wildman–Crippen MR) is 94.2 cm³/mol. The summed E-state index contributed by atoms with van der Waals surface area (Å²) in [7, 11) is 1.65. The van der Waals surface area contributed by atoms with E-state index in [2.05, 4.69) is 4.90 Å². The molecule has 1 amide bonds. The van der Waals surface area contributed by atoms with Crippen LogP contribution in [0.5, 0.6) is 5.75 Å². The first kappa shape index (κ1) is 18.5. The first-order chi connectivity index (χ1) is 11.3. The Balaban J connectivity index is 1.83. The molecule has 24 heavy (non-hydrogen) atoms. The highest BCUT2D eigenvalue weighted by molar-refractivity contribution is 5.68. The van der Waals surface area contributed by atoms with E-state index in [0.717, 1.165) is 30.9 Å². The molecule has 0 radical (unpaired) electrons. The summed E-state index contributed by atoms with van der Waals surface area (Å²) >= 11 is 0. The minimum absolute atomic E-state index is 0.0758. The first-order valence-electron chi connectivity index (χ1n) is 8.38. The zero-order valence-corrected chi connectivity index (χ0v) is 15.1. The van der Waals surface area contributed by atoms with Gasteiger partial charge in [-0.25, -0.2) is 4.79 Å². The van der Waals surface area contributed by atoms with Gasteiger partial charge in [0.25, 0.3) is 0 Å². The molecule has 134 valence electrons. The number of carbonyl (C=O) groups excluding carboxylic acids is 1. The maximum atomic E-state index is 12.1. The molecule has 2 N–H and O–H groups in total. The van der Waals surface area contributed by atoms with Crippen LogP contribution in [0.15, 0.2) is 24.3 Å². The van der Waals surface area contributed by atoms with Crippen LogP contribution in [0.4, 0.5) is 4.79 Å². The Morgan fingerprint density at radius 2 is 1.92 bits per heavy atom. The van der Waals surface area contributed by atoms with E-state index in [1.54, 1.807) is 12.0 Å². The van der Waals surface area contributed by atoms with Crippen LogP contribution in [0.1, 0.15) is 32.4 Å². The van der Waals surface area contributed by atoms with Gasteiger partial charge in [-0.2, -0.15) is 0 Å². The Labute approximate surface area is 144 Å². The van der Waals surface area contributed by atoms with Gasteiger partial charge in [-0.15, -0.1) is 0 Å². The van der Waals surface area contributed by atoms with E-state index in [1.165, 1.54) is 0 Å². The summed E-state index contributed by atoms with van der Waals surface area (Å²) in [4.78, 5) is 16.1. The Morgan fingerprint density at radius 3 is 2.50 bits per heavy atom. The second kappa shape index (κ2) is 7.85. The van der Waals surface area contributed by atoms with Crippen molar-refractivity contribution in [2.24, 2.45) is 5.73 Å². The average Bonchev–Trinajstić information content (AvgIpc) is 2.54. The highest BCUT2D eigenvalue weighted by Crippen LogP contribution is 2.19. The molecule has 0 aromatic heterocycles. The molecule has 6 heteroatoms. The molecular weight excluding hydrogens is 306 g/mol. The number of hydrogen-bond donors (Lipinski definition) is 1. The zero-order chi connectivity index (χ0) is 17.7. The summed E-state index contributed by atoms with van der Waals surface area (Å²) in [5, 5.41) is 0. The second-order valence-electron chi connectivity index (χ2n) is 7.15. The van der Waals surface area contributed by atoms with Crippen molar-refractivity contribution in [1.82, 2.24) is 9.80 Å². The van der Waals surface area contributed by atoms with Crippen LogP contribution in [0, 0.1) is 0 Å². The normalized spacial score (nSPS) is 17.5. The average molecular weight is 335 g/mol. The highest BCUT2D eigenvalue weighted by atomic mass is 16.6. The molecule has 1 aromatic carbocycles. The van der Waals surface area contributed by atoms with E-state index < -0.39 is 5.60 Å². The van der Waals surface area contributed by atoms with Crippen LogP contribution >= 0.6 is 0 Å². The molecule has 2 rings (SSSR count). The van der Waals surface area contributed by atoms with Gasteiger partial charge in [-0.3, -0.25) is 4.90 Å². The summed E-state index contributed by atoms with van der Waals surface area (Å²) in [6, 6.07) is 7.78. The van der Waals surface area contributed by atoms with Crippen LogP contribution in [0.2, 0.25) is 0 Å². The van der Waals surface area contributed by atoms with Crippen LogP contribution in [0.25, 0.3) is 0 Å². The fourth-order valence-electron chi connectivity index (χ4n) is 2.70. The molecule has 0 bridgehead atoms. The topological polar surface area (TPSA) is 68.0 Å². The van der Waals surface area contributed by atoms with Crippen molar-refractivity contribution in [3.05, 3.63) is 29.8 Å². The van der Waals surface area contributed by atoms with Gasteiger partial charge < -0.3 is 20.1 Å². The molecule has 1 aliphatic heterocycles. The zero-order valence-electron chi connectivity index (χ0n) is 15.1. The van der Waals surface area contributed by atoms with E-state index in [0.29, 0.717) is 13.1 Å². The third-order valence-electron chi connectivity index (χ3n) is 4.00. The number of ether oxygens (including phenoxy) is 2. The van der Waals surface area contributed by atoms with E-state index in [4.69, 9.17) is 15.2 Å². The van der Waals surface area contributed by atoms with Crippen molar-refractivity contribution < 1.29 is 14.3 Å². The Morgan fingerprint density at radius 1 is 1.25 bits per heavy atom. The molecular formula is C18H29N3O3. The molecule has 1 aromatic rings. The lowest BCUT2D eigenvalue weighted by Gasteiger charge is -2.36. The molecule has 1 saturated heterocycles. The van der Waals surface area contributed by atoms with Crippen molar-refractivity contribution in [2.75, 3.05) is 39.8 Å². The van der Waals surface area contributed by atoms with E-state index in [1.807, 2.05) is 45.0 Å². The SMILES string of the molecule is COc1cccc(C(N)CN2CCN(C(=O)OC(C)(C)C)CC2)c1. The van der Waals surface area contributed by atoms with Gasteiger partial charge in [0.15, 0.2) is 0 Å². The van der Waals surface area contributed by atoms with Crippen molar-refractivity contribution in [1.29, 1.82) is 0 Å². The lowest BCUT2D eigenvalue weighted by molar-refractivity contribution is 0.0141. The lowest BCUT2D eigenvalue weighted by atomic mass is 10.1. The summed E-state index contributed by atoms with van der Waals surface area (Å²) < 4.78 is 10.7. The van der Waals surface area contributed by atoms with Gasteiger partial charge in [0.1, 0.15) is 11.4 Å². The number of nitrogens with two attached hydrogens (primary N) is 1. The number of methoxy groups -OCH3 is 1. The van der Waals surface area contributed by atoms with Crippen molar-refractivity contribution in [2.45, 2.75) is 32.4 Å². The first-order valence-corrected chi connectivity index (χ1v) is 8.38. The van der Waals surface area contributed by atoms with Gasteiger partial charge in [0.05, 0.1) is 7.11 Å². The quantitative estimate of drug-likeness (QED) is 0.914. The van der Waals surface area contributed by atoms with Crippen molar-refractivity contribution >= 4 is 6.09 Å². The van der Waals surface area contributed by atoms with Gasteiger partial charge in [0.2, 0.25) is 0 Å². The molecule has 6 nitrogen and oxygen atoms in total. The maximum absolute atomic E-state index is 12.1. The van der Waals surface area contributed by atoms with Crippen LogP contribution in [-0.4, -0.2) is 61.3 Å². The standard InChI is InChI=1S/C18H29N3O3/c1-18(2,3)24-17(22)21-10-8-20(9-11-21)13-16(19)14-6-5-7-15(12-14)23-4/h5-7,12,16H,8-11,13,19H2,1-4H3. The Kier molecular flexibility index (Phi) is 6.07. The number of nitrogens with zero attached hydrogens (tertiary/aromatic N) is 2.